The van der Waals surface area contributed by atoms with Crippen molar-refractivity contribution >= 4 is 5.97 Å². The molecule has 0 aromatic carbocycles. The Labute approximate surface area is 150 Å². The van der Waals surface area contributed by atoms with Crippen molar-refractivity contribution in [2.75, 3.05) is 0 Å². The van der Waals surface area contributed by atoms with Crippen molar-refractivity contribution in [1.29, 1.82) is 0 Å². The lowest BCUT2D eigenvalue weighted by atomic mass is 10.1. The first-order chi connectivity index (χ1) is 11.8. The summed E-state index contributed by atoms with van der Waals surface area (Å²) in [6, 6.07) is 0. The topological polar surface area (TPSA) is 37.3 Å². The van der Waals surface area contributed by atoms with E-state index in [4.69, 9.17) is 5.11 Å². The Morgan fingerprint density at radius 2 is 1.00 bits per heavy atom. The third kappa shape index (κ3) is 21.0. The zero-order chi connectivity index (χ0) is 17.7. The minimum atomic E-state index is -0.662. The fourth-order valence-electron chi connectivity index (χ4n) is 2.90. The highest BCUT2D eigenvalue weighted by Gasteiger charge is 1.96. The Morgan fingerprint density at radius 3 is 1.42 bits per heavy atom. The molecule has 2 heteroatoms. The molecule has 0 heterocycles. The van der Waals surface area contributed by atoms with Crippen LogP contribution < -0.4 is 0 Å². The van der Waals surface area contributed by atoms with Gasteiger partial charge in [0.25, 0.3) is 0 Å². The molecule has 0 aliphatic heterocycles. The second-order valence-electron chi connectivity index (χ2n) is 6.95. The Balaban J connectivity index is 3.10. The second-order valence-corrected chi connectivity index (χ2v) is 6.95. The van der Waals surface area contributed by atoms with Gasteiger partial charge >= 0.3 is 5.97 Å². The fraction of sp³-hybridized carbons (Fsp3) is 0.864. The van der Waals surface area contributed by atoms with E-state index in [0.29, 0.717) is 6.42 Å². The highest BCUT2D eigenvalue weighted by molar-refractivity contribution is 5.66. The van der Waals surface area contributed by atoms with Gasteiger partial charge in [-0.25, -0.2) is 0 Å². The molecule has 1 N–H and O–H groups in total. The molecule has 0 rings (SSSR count). The van der Waals surface area contributed by atoms with Gasteiger partial charge in [0.1, 0.15) is 0 Å². The summed E-state index contributed by atoms with van der Waals surface area (Å²) in [6.07, 6.45) is 21.5. The Hall–Kier alpha value is -0.970. The molecule has 0 atom stereocenters. The van der Waals surface area contributed by atoms with Crippen LogP contribution in [0.15, 0.2) is 0 Å². The van der Waals surface area contributed by atoms with Crippen LogP contribution in [0.3, 0.4) is 0 Å². The van der Waals surface area contributed by atoms with Gasteiger partial charge < -0.3 is 5.11 Å². The van der Waals surface area contributed by atoms with Crippen molar-refractivity contribution in [1.82, 2.24) is 0 Å². The summed E-state index contributed by atoms with van der Waals surface area (Å²) in [4.78, 5) is 10.4. The van der Waals surface area contributed by atoms with Crippen molar-refractivity contribution in [2.24, 2.45) is 0 Å². The molecule has 0 radical (unpaired) electrons. The number of hydrogen-bond acceptors (Lipinski definition) is 1. The molecule has 140 valence electrons. The van der Waals surface area contributed by atoms with Crippen molar-refractivity contribution in [3.8, 4) is 11.8 Å². The first-order valence-electron chi connectivity index (χ1n) is 10.4. The van der Waals surface area contributed by atoms with Crippen molar-refractivity contribution in [2.45, 2.75) is 122 Å². The lowest BCUT2D eigenvalue weighted by molar-refractivity contribution is -0.137. The summed E-state index contributed by atoms with van der Waals surface area (Å²) in [7, 11) is 0. The average Bonchev–Trinajstić information content (AvgIpc) is 2.56. The third-order valence-electron chi connectivity index (χ3n) is 4.47. The van der Waals surface area contributed by atoms with E-state index in [1.807, 2.05) is 0 Å². The van der Waals surface area contributed by atoms with Crippen LogP contribution in [0, 0.1) is 11.8 Å². The summed E-state index contributed by atoms with van der Waals surface area (Å²) in [5, 5.41) is 8.55. The maximum Gasteiger partial charge on any atom is 0.303 e. The normalized spacial score (nSPS) is 10.4. The summed E-state index contributed by atoms with van der Waals surface area (Å²) in [5.41, 5.74) is 0. The van der Waals surface area contributed by atoms with Crippen molar-refractivity contribution in [3.05, 3.63) is 0 Å². The molecular formula is C22H40O2. The van der Waals surface area contributed by atoms with E-state index in [1.165, 1.54) is 83.5 Å². The highest BCUT2D eigenvalue weighted by Crippen LogP contribution is 2.11. The standard InChI is InChI=1S/C22H40O2/c1-2-3-4-5-6-7-8-9-10-11-12-13-14-15-16-17-18-19-20-21-22(23)24/h2-8,11-21H2,1H3,(H,23,24). The summed E-state index contributed by atoms with van der Waals surface area (Å²) in [5.74, 6) is 5.99. The van der Waals surface area contributed by atoms with Gasteiger partial charge in [-0.2, -0.15) is 0 Å². The van der Waals surface area contributed by atoms with E-state index >= 15 is 0 Å². The molecule has 0 saturated carbocycles. The lowest BCUT2D eigenvalue weighted by Crippen LogP contribution is -1.93. The first kappa shape index (κ1) is 23.0. The number of rotatable bonds is 17. The van der Waals surface area contributed by atoms with Crippen LogP contribution in [-0.2, 0) is 4.79 Å². The SMILES string of the molecule is CCCCCCCCC#CCCCCCCCCCCCC(=O)O. The number of hydrogen-bond donors (Lipinski definition) is 1. The van der Waals surface area contributed by atoms with Gasteiger partial charge in [0.05, 0.1) is 0 Å². The minimum Gasteiger partial charge on any atom is -0.481 e. The van der Waals surface area contributed by atoms with E-state index < -0.39 is 5.97 Å². The van der Waals surface area contributed by atoms with E-state index in [2.05, 4.69) is 18.8 Å². The molecule has 0 bridgehead atoms. The van der Waals surface area contributed by atoms with Gasteiger partial charge in [-0.15, -0.1) is 11.8 Å². The quantitative estimate of drug-likeness (QED) is 0.227. The van der Waals surface area contributed by atoms with Gasteiger partial charge in [0.15, 0.2) is 0 Å². The predicted molar refractivity (Wildman–Crippen MR) is 104 cm³/mol. The van der Waals surface area contributed by atoms with Crippen LogP contribution in [0.25, 0.3) is 0 Å². The average molecular weight is 337 g/mol. The molecule has 0 spiro atoms. The monoisotopic (exact) mass is 336 g/mol. The first-order valence-corrected chi connectivity index (χ1v) is 10.4. The van der Waals surface area contributed by atoms with Crippen molar-refractivity contribution < 1.29 is 9.90 Å². The van der Waals surface area contributed by atoms with Gasteiger partial charge in [-0.3, -0.25) is 4.79 Å². The maximum absolute atomic E-state index is 10.4. The van der Waals surface area contributed by atoms with Crippen LogP contribution in [0.2, 0.25) is 0 Å². The maximum atomic E-state index is 10.4. The predicted octanol–water partition coefficient (Wildman–Crippen LogP) is 7.12. The van der Waals surface area contributed by atoms with Gasteiger partial charge in [0.2, 0.25) is 0 Å². The van der Waals surface area contributed by atoms with E-state index in [1.54, 1.807) is 0 Å². The Morgan fingerprint density at radius 1 is 0.625 bits per heavy atom. The molecular weight excluding hydrogens is 296 g/mol. The summed E-state index contributed by atoms with van der Waals surface area (Å²) < 4.78 is 0. The van der Waals surface area contributed by atoms with Gasteiger partial charge in [-0.05, 0) is 19.3 Å². The molecule has 0 unspecified atom stereocenters. The number of carbonyl (C=O) groups is 1. The molecule has 0 aromatic rings. The highest BCUT2D eigenvalue weighted by atomic mass is 16.4. The molecule has 0 aromatic heterocycles. The van der Waals surface area contributed by atoms with E-state index in [9.17, 15) is 4.79 Å². The lowest BCUT2D eigenvalue weighted by Gasteiger charge is -2.01. The van der Waals surface area contributed by atoms with E-state index in [0.717, 1.165) is 25.7 Å². The molecule has 0 aliphatic carbocycles. The van der Waals surface area contributed by atoms with Crippen LogP contribution in [0.5, 0.6) is 0 Å². The Bertz CT molecular complexity index is 325. The zero-order valence-electron chi connectivity index (χ0n) is 16.1. The van der Waals surface area contributed by atoms with Crippen molar-refractivity contribution in [3.63, 3.8) is 0 Å². The smallest absolute Gasteiger partial charge is 0.303 e. The molecule has 0 fully saturated rings. The van der Waals surface area contributed by atoms with Gasteiger partial charge in [-0.1, -0.05) is 84.0 Å². The molecule has 0 saturated heterocycles. The molecule has 24 heavy (non-hydrogen) atoms. The molecule has 0 aliphatic rings. The fourth-order valence-corrected chi connectivity index (χ4v) is 2.90. The largest absolute Gasteiger partial charge is 0.481 e. The van der Waals surface area contributed by atoms with Crippen LogP contribution in [0.4, 0.5) is 0 Å². The minimum absolute atomic E-state index is 0.333. The number of carboxylic acids is 1. The van der Waals surface area contributed by atoms with Crippen LogP contribution in [0.1, 0.15) is 122 Å². The third-order valence-corrected chi connectivity index (χ3v) is 4.47. The summed E-state index contributed by atoms with van der Waals surface area (Å²) >= 11 is 0. The zero-order valence-corrected chi connectivity index (χ0v) is 16.1. The molecule has 0 amide bonds. The molecule has 2 nitrogen and oxygen atoms in total. The Kier molecular flexibility index (Phi) is 19.3. The summed E-state index contributed by atoms with van der Waals surface area (Å²) in [6.45, 7) is 2.26. The van der Waals surface area contributed by atoms with E-state index in [-0.39, 0.29) is 0 Å². The van der Waals surface area contributed by atoms with Gasteiger partial charge in [0, 0.05) is 19.3 Å². The van der Waals surface area contributed by atoms with Crippen LogP contribution in [-0.4, -0.2) is 11.1 Å². The van der Waals surface area contributed by atoms with Crippen LogP contribution >= 0.6 is 0 Å². The number of carboxylic acid groups (broad SMARTS) is 1. The number of aliphatic carboxylic acids is 1. The number of unbranched alkanes of at least 4 members (excludes halogenated alkanes) is 15. The second kappa shape index (κ2) is 20.1.